The van der Waals surface area contributed by atoms with Gasteiger partial charge in [-0.2, -0.15) is 0 Å². The number of aliphatic hydroxyl groups excluding tert-OH is 1. The first-order valence-corrected chi connectivity index (χ1v) is 13.3. The minimum Gasteiger partial charge on any atom is -0.393 e. The number of hydrogen-bond acceptors (Lipinski definition) is 1. The molecule has 0 aliphatic heterocycles. The van der Waals surface area contributed by atoms with E-state index in [-0.39, 0.29) is 6.10 Å². The first kappa shape index (κ1) is 27.2. The Balaban J connectivity index is 2.33. The minimum atomic E-state index is -0.0739. The van der Waals surface area contributed by atoms with Gasteiger partial charge in [-0.15, -0.1) is 0 Å². The smallest absolute Gasteiger partial charge is 0.0537 e. The summed E-state index contributed by atoms with van der Waals surface area (Å²) in [4.78, 5) is 0. The molecule has 30 heavy (non-hydrogen) atoms. The number of rotatable bonds is 19. The van der Waals surface area contributed by atoms with Gasteiger partial charge in [-0.25, -0.2) is 0 Å². The summed E-state index contributed by atoms with van der Waals surface area (Å²) in [7, 11) is 0. The van der Waals surface area contributed by atoms with Gasteiger partial charge in [-0.05, 0) is 51.0 Å². The largest absolute Gasteiger partial charge is 0.393 e. The normalized spacial score (nSPS) is 13.5. The van der Waals surface area contributed by atoms with E-state index in [0.29, 0.717) is 0 Å². The molecule has 0 saturated heterocycles. The number of aryl methyl sites for hydroxylation is 2. The third-order valence-electron chi connectivity index (χ3n) is 6.68. The number of hydrogen-bond donors (Lipinski definition) is 1. The fraction of sp³-hybridized carbons (Fsp3) is 0.793. The van der Waals surface area contributed by atoms with Crippen molar-refractivity contribution in [3.05, 3.63) is 34.9 Å². The lowest BCUT2D eigenvalue weighted by atomic mass is 9.86. The van der Waals surface area contributed by atoms with E-state index in [9.17, 15) is 5.11 Å². The standard InChI is InChI=1S/C29H52O/c1-5-7-8-9-10-13-16-19-27(28-23-25(3)22-26(4)24-28)20-17-14-11-12-15-18-21-29(30)6-2/h22-24,27,29-30H,5-21H2,1-4H3. The van der Waals surface area contributed by atoms with Gasteiger partial charge in [-0.3, -0.25) is 0 Å². The average Bonchev–Trinajstić information content (AvgIpc) is 2.72. The Morgan fingerprint density at radius 3 is 1.50 bits per heavy atom. The van der Waals surface area contributed by atoms with E-state index in [1.807, 2.05) is 0 Å². The summed E-state index contributed by atoms with van der Waals surface area (Å²) >= 11 is 0. The molecule has 2 unspecified atom stereocenters. The molecular weight excluding hydrogens is 364 g/mol. The fourth-order valence-corrected chi connectivity index (χ4v) is 4.75. The van der Waals surface area contributed by atoms with E-state index < -0.39 is 0 Å². The van der Waals surface area contributed by atoms with Crippen LogP contribution in [0.1, 0.15) is 146 Å². The Labute approximate surface area is 189 Å². The van der Waals surface area contributed by atoms with Crippen molar-refractivity contribution in [2.24, 2.45) is 0 Å². The lowest BCUT2D eigenvalue weighted by Crippen LogP contribution is -2.03. The highest BCUT2D eigenvalue weighted by Crippen LogP contribution is 2.30. The molecular formula is C29H52O. The van der Waals surface area contributed by atoms with E-state index in [1.54, 1.807) is 5.56 Å². The van der Waals surface area contributed by atoms with E-state index in [2.05, 4.69) is 45.9 Å². The van der Waals surface area contributed by atoms with Gasteiger partial charge in [0.2, 0.25) is 0 Å². The predicted octanol–water partition coefficient (Wildman–Crippen LogP) is 9.42. The molecule has 0 aliphatic carbocycles. The van der Waals surface area contributed by atoms with E-state index in [1.165, 1.54) is 107 Å². The summed E-state index contributed by atoms with van der Waals surface area (Å²) < 4.78 is 0. The SMILES string of the molecule is CCCCCCCCCC(CCCCCCCCC(O)CC)c1cc(C)cc(C)c1. The minimum absolute atomic E-state index is 0.0739. The van der Waals surface area contributed by atoms with E-state index in [4.69, 9.17) is 0 Å². The van der Waals surface area contributed by atoms with Crippen LogP contribution >= 0.6 is 0 Å². The Hall–Kier alpha value is -0.820. The van der Waals surface area contributed by atoms with Crippen LogP contribution in [-0.2, 0) is 0 Å². The highest BCUT2D eigenvalue weighted by atomic mass is 16.3. The first-order valence-electron chi connectivity index (χ1n) is 13.3. The molecule has 0 amide bonds. The number of benzene rings is 1. The number of unbranched alkanes of at least 4 members (excludes halogenated alkanes) is 11. The Morgan fingerprint density at radius 2 is 1.03 bits per heavy atom. The second kappa shape index (κ2) is 17.8. The van der Waals surface area contributed by atoms with Crippen molar-refractivity contribution in [3.8, 4) is 0 Å². The molecule has 1 aromatic carbocycles. The summed E-state index contributed by atoms with van der Waals surface area (Å²) in [5.74, 6) is 0.749. The average molecular weight is 417 g/mol. The zero-order chi connectivity index (χ0) is 22.0. The molecule has 0 radical (unpaired) electrons. The molecule has 0 fully saturated rings. The third-order valence-corrected chi connectivity index (χ3v) is 6.68. The molecule has 174 valence electrons. The van der Waals surface area contributed by atoms with Crippen LogP contribution in [0.3, 0.4) is 0 Å². The van der Waals surface area contributed by atoms with Gasteiger partial charge in [0.05, 0.1) is 6.10 Å². The monoisotopic (exact) mass is 416 g/mol. The zero-order valence-electron chi connectivity index (χ0n) is 20.9. The lowest BCUT2D eigenvalue weighted by molar-refractivity contribution is 0.156. The molecule has 1 nitrogen and oxygen atoms in total. The van der Waals surface area contributed by atoms with Crippen LogP contribution in [0.15, 0.2) is 18.2 Å². The molecule has 0 spiro atoms. The Kier molecular flexibility index (Phi) is 16.2. The van der Waals surface area contributed by atoms with Gasteiger partial charge in [-0.1, -0.05) is 127 Å². The molecule has 1 aromatic rings. The summed E-state index contributed by atoms with van der Waals surface area (Å²) in [6, 6.07) is 7.19. The molecule has 0 bridgehead atoms. The third kappa shape index (κ3) is 13.5. The second-order valence-electron chi connectivity index (χ2n) is 9.79. The van der Waals surface area contributed by atoms with Crippen molar-refractivity contribution in [1.29, 1.82) is 0 Å². The fourth-order valence-electron chi connectivity index (χ4n) is 4.75. The summed E-state index contributed by atoms with van der Waals surface area (Å²) in [5.41, 5.74) is 4.43. The quantitative estimate of drug-likeness (QED) is 0.223. The van der Waals surface area contributed by atoms with Crippen LogP contribution in [-0.4, -0.2) is 11.2 Å². The molecule has 1 heteroatoms. The van der Waals surface area contributed by atoms with Gasteiger partial charge in [0.15, 0.2) is 0 Å². The van der Waals surface area contributed by atoms with E-state index in [0.717, 1.165) is 18.8 Å². The first-order chi connectivity index (χ1) is 14.6. The molecule has 0 heterocycles. The van der Waals surface area contributed by atoms with Crippen LogP contribution in [0.25, 0.3) is 0 Å². The van der Waals surface area contributed by atoms with Crippen molar-refractivity contribution in [2.45, 2.75) is 149 Å². The van der Waals surface area contributed by atoms with Gasteiger partial charge in [0, 0.05) is 0 Å². The highest BCUT2D eigenvalue weighted by molar-refractivity contribution is 5.31. The van der Waals surface area contributed by atoms with Gasteiger partial charge < -0.3 is 5.11 Å². The summed E-state index contributed by atoms with van der Waals surface area (Å²) in [5, 5.41) is 9.65. The van der Waals surface area contributed by atoms with Crippen LogP contribution in [0.4, 0.5) is 0 Å². The zero-order valence-corrected chi connectivity index (χ0v) is 20.9. The van der Waals surface area contributed by atoms with Crippen LogP contribution in [0.5, 0.6) is 0 Å². The maximum atomic E-state index is 9.65. The molecule has 0 aromatic heterocycles. The summed E-state index contributed by atoms with van der Waals surface area (Å²) in [6.07, 6.45) is 22.3. The van der Waals surface area contributed by atoms with Gasteiger partial charge in [0.25, 0.3) is 0 Å². The predicted molar refractivity (Wildman–Crippen MR) is 135 cm³/mol. The van der Waals surface area contributed by atoms with Crippen LogP contribution < -0.4 is 0 Å². The van der Waals surface area contributed by atoms with Crippen molar-refractivity contribution in [1.82, 2.24) is 0 Å². The van der Waals surface area contributed by atoms with Gasteiger partial charge >= 0.3 is 0 Å². The number of aliphatic hydroxyl groups is 1. The van der Waals surface area contributed by atoms with Crippen LogP contribution in [0, 0.1) is 13.8 Å². The molecule has 0 saturated carbocycles. The topological polar surface area (TPSA) is 20.2 Å². The van der Waals surface area contributed by atoms with Crippen LogP contribution in [0.2, 0.25) is 0 Å². The summed E-state index contributed by atoms with van der Waals surface area (Å²) in [6.45, 7) is 8.86. The van der Waals surface area contributed by atoms with Crippen molar-refractivity contribution in [3.63, 3.8) is 0 Å². The van der Waals surface area contributed by atoms with E-state index >= 15 is 0 Å². The van der Waals surface area contributed by atoms with Crippen molar-refractivity contribution >= 4 is 0 Å². The lowest BCUT2D eigenvalue weighted by Gasteiger charge is -2.19. The Bertz CT molecular complexity index is 501. The van der Waals surface area contributed by atoms with Crippen molar-refractivity contribution < 1.29 is 5.11 Å². The molecule has 0 aliphatic rings. The highest BCUT2D eigenvalue weighted by Gasteiger charge is 2.12. The molecule has 2 atom stereocenters. The maximum absolute atomic E-state index is 9.65. The molecule has 1 N–H and O–H groups in total. The molecule has 1 rings (SSSR count). The second-order valence-corrected chi connectivity index (χ2v) is 9.79. The Morgan fingerprint density at radius 1 is 0.600 bits per heavy atom. The maximum Gasteiger partial charge on any atom is 0.0537 e. The van der Waals surface area contributed by atoms with Crippen molar-refractivity contribution in [2.75, 3.05) is 0 Å². The van der Waals surface area contributed by atoms with Gasteiger partial charge in [0.1, 0.15) is 0 Å².